The lowest BCUT2D eigenvalue weighted by Crippen LogP contribution is -2.37. The number of nitrogens with zero attached hydrogens (tertiary/aromatic N) is 1. The summed E-state index contributed by atoms with van der Waals surface area (Å²) in [4.78, 5) is 0. The van der Waals surface area contributed by atoms with Crippen LogP contribution in [0.2, 0.25) is 0 Å². The highest BCUT2D eigenvalue weighted by Gasteiger charge is 1.99. The summed E-state index contributed by atoms with van der Waals surface area (Å²) >= 11 is 4.16. The maximum absolute atomic E-state index is 9.08. The molecule has 0 aliphatic carbocycles. The molecule has 0 N–H and O–H groups in total. The van der Waals surface area contributed by atoms with E-state index in [1.165, 1.54) is 5.69 Å². The molecule has 1 rings (SSSR count). The van der Waals surface area contributed by atoms with Crippen LogP contribution in [0.3, 0.4) is 0 Å². The minimum absolute atomic E-state index is 0.604. The van der Waals surface area contributed by atoms with Crippen molar-refractivity contribution in [2.75, 3.05) is 12.0 Å². The van der Waals surface area contributed by atoms with Crippen LogP contribution in [0.25, 0.3) is 0 Å². The molecule has 0 aliphatic rings. The summed E-state index contributed by atoms with van der Waals surface area (Å²) in [5.41, 5.74) is 1.29. The van der Waals surface area contributed by atoms with Crippen LogP contribution in [0.5, 0.6) is 0 Å². The van der Waals surface area contributed by atoms with Crippen molar-refractivity contribution in [2.24, 2.45) is 0 Å². The van der Waals surface area contributed by atoms with Crippen LogP contribution in [0, 0.1) is 6.92 Å². The molecule has 0 bridgehead atoms. The van der Waals surface area contributed by atoms with Crippen LogP contribution in [0.1, 0.15) is 5.69 Å². The van der Waals surface area contributed by atoms with Crippen molar-refractivity contribution in [3.63, 3.8) is 0 Å². The Hall–Kier alpha value is -0.590. The Kier molecular flexibility index (Phi) is 6.55. The highest BCUT2D eigenvalue weighted by atomic mass is 32.2. The predicted octanol–water partition coefficient (Wildman–Crippen LogP) is 0.374. The summed E-state index contributed by atoms with van der Waals surface area (Å²) < 4.78 is 29.4. The number of aryl methyl sites for hydroxylation is 2. The molecule has 0 aliphatic heterocycles. The fourth-order valence-corrected chi connectivity index (χ4v) is 1.14. The Labute approximate surface area is 96.1 Å². The Morgan fingerprint density at radius 1 is 1.47 bits per heavy atom. The highest BCUT2D eigenvalue weighted by Crippen LogP contribution is 1.87. The van der Waals surface area contributed by atoms with Crippen LogP contribution in [-0.2, 0) is 16.7 Å². The third-order valence-electron chi connectivity index (χ3n) is 1.51. The van der Waals surface area contributed by atoms with E-state index in [9.17, 15) is 0 Å². The molecule has 1 aromatic rings. The van der Waals surface area contributed by atoms with Crippen LogP contribution in [0.4, 0.5) is 0 Å². The second-order valence-electron chi connectivity index (χ2n) is 2.96. The lowest BCUT2D eigenvalue weighted by atomic mass is 10.3. The van der Waals surface area contributed by atoms with E-state index in [-0.39, 0.29) is 0 Å². The van der Waals surface area contributed by atoms with Gasteiger partial charge in [0.25, 0.3) is 0 Å². The van der Waals surface area contributed by atoms with E-state index in [1.807, 2.05) is 12.1 Å². The van der Waals surface area contributed by atoms with Crippen LogP contribution in [0.15, 0.2) is 24.4 Å². The fourth-order valence-electron chi connectivity index (χ4n) is 0.920. The molecule has 0 radical (unpaired) electrons. The number of hydrogen-bond donors (Lipinski definition) is 1. The quantitative estimate of drug-likeness (QED) is 0.468. The zero-order valence-electron chi connectivity index (χ0n) is 8.75. The van der Waals surface area contributed by atoms with E-state index in [0.29, 0.717) is 6.26 Å². The molecule has 0 atom stereocenters. The third kappa shape index (κ3) is 9.71. The third-order valence-corrected chi connectivity index (χ3v) is 1.71. The van der Waals surface area contributed by atoms with Gasteiger partial charge in [0, 0.05) is 31.1 Å². The highest BCUT2D eigenvalue weighted by molar-refractivity contribution is 7.84. The number of aromatic nitrogens is 1. The molecular formula is C9H15NO3S2. The summed E-state index contributed by atoms with van der Waals surface area (Å²) in [6, 6.07) is 6.18. The second-order valence-corrected chi connectivity index (χ2v) is 4.82. The first-order valence-corrected chi connectivity index (χ1v) is 6.76. The SMILES string of the molecule is CS(=O)(=O)[O-].Cc1cccc[n+]1CCS. The van der Waals surface area contributed by atoms with Gasteiger partial charge in [0.05, 0.1) is 10.1 Å². The van der Waals surface area contributed by atoms with E-state index in [1.54, 1.807) is 0 Å². The van der Waals surface area contributed by atoms with Gasteiger partial charge >= 0.3 is 0 Å². The summed E-state index contributed by atoms with van der Waals surface area (Å²) in [6.45, 7) is 3.10. The van der Waals surface area contributed by atoms with Gasteiger partial charge in [-0.1, -0.05) is 6.07 Å². The molecular weight excluding hydrogens is 234 g/mol. The first kappa shape index (κ1) is 14.4. The monoisotopic (exact) mass is 249 g/mol. The maximum atomic E-state index is 9.08. The van der Waals surface area contributed by atoms with Crippen molar-refractivity contribution in [1.82, 2.24) is 0 Å². The number of rotatable bonds is 2. The van der Waals surface area contributed by atoms with E-state index in [2.05, 4.69) is 36.4 Å². The van der Waals surface area contributed by atoms with Gasteiger partial charge in [-0.3, -0.25) is 0 Å². The maximum Gasteiger partial charge on any atom is 0.178 e. The molecule has 1 aromatic heterocycles. The Balaban J connectivity index is 0.000000336. The zero-order valence-corrected chi connectivity index (χ0v) is 10.5. The summed E-state index contributed by atoms with van der Waals surface area (Å²) in [5.74, 6) is 0.898. The van der Waals surface area contributed by atoms with Gasteiger partial charge in [0.15, 0.2) is 18.4 Å². The molecule has 0 aromatic carbocycles. The minimum Gasteiger partial charge on any atom is -0.748 e. The van der Waals surface area contributed by atoms with Crippen molar-refractivity contribution < 1.29 is 17.5 Å². The average molecular weight is 249 g/mol. The van der Waals surface area contributed by atoms with Gasteiger partial charge < -0.3 is 4.55 Å². The van der Waals surface area contributed by atoms with E-state index in [4.69, 9.17) is 13.0 Å². The van der Waals surface area contributed by atoms with Gasteiger partial charge in [0.2, 0.25) is 0 Å². The van der Waals surface area contributed by atoms with Gasteiger partial charge in [0.1, 0.15) is 0 Å². The summed E-state index contributed by atoms with van der Waals surface area (Å²) in [7, 11) is -3.92. The van der Waals surface area contributed by atoms with E-state index < -0.39 is 10.1 Å². The summed E-state index contributed by atoms with van der Waals surface area (Å²) in [6.07, 6.45) is 2.68. The van der Waals surface area contributed by atoms with Crippen LogP contribution in [-0.4, -0.2) is 25.0 Å². The van der Waals surface area contributed by atoms with E-state index >= 15 is 0 Å². The Morgan fingerprint density at radius 3 is 2.40 bits per heavy atom. The van der Waals surface area contributed by atoms with Gasteiger partial charge in [-0.2, -0.15) is 12.6 Å². The fraction of sp³-hybridized carbons (Fsp3) is 0.444. The lowest BCUT2D eigenvalue weighted by molar-refractivity contribution is -0.698. The van der Waals surface area contributed by atoms with Crippen molar-refractivity contribution in [3.8, 4) is 0 Å². The first-order chi connectivity index (χ1) is 6.84. The van der Waals surface area contributed by atoms with Crippen molar-refractivity contribution in [3.05, 3.63) is 30.1 Å². The lowest BCUT2D eigenvalue weighted by Gasteiger charge is -1.95. The largest absolute Gasteiger partial charge is 0.748 e. The van der Waals surface area contributed by atoms with Crippen LogP contribution < -0.4 is 4.57 Å². The normalized spacial score (nSPS) is 10.4. The smallest absolute Gasteiger partial charge is 0.178 e. The van der Waals surface area contributed by atoms with Crippen molar-refractivity contribution >= 4 is 22.7 Å². The standard InChI is InChI=1S/C8H11NS.CH4O3S/c1-8-4-2-3-5-9(8)6-7-10;1-5(2,3)4/h2-5H,6-7H2,1H3;1H3,(H,2,3,4). The zero-order chi connectivity index (χ0) is 11.9. The average Bonchev–Trinajstić information content (AvgIpc) is 2.06. The first-order valence-electron chi connectivity index (χ1n) is 4.31. The molecule has 4 nitrogen and oxygen atoms in total. The van der Waals surface area contributed by atoms with Crippen LogP contribution >= 0.6 is 12.6 Å². The van der Waals surface area contributed by atoms with Gasteiger partial charge in [-0.25, -0.2) is 13.0 Å². The topological polar surface area (TPSA) is 61.1 Å². The molecule has 15 heavy (non-hydrogen) atoms. The molecule has 0 spiro atoms. The molecule has 0 amide bonds. The number of hydrogen-bond acceptors (Lipinski definition) is 4. The molecule has 86 valence electrons. The minimum atomic E-state index is -3.92. The van der Waals surface area contributed by atoms with Crippen molar-refractivity contribution in [1.29, 1.82) is 0 Å². The van der Waals surface area contributed by atoms with Gasteiger partial charge in [-0.15, -0.1) is 0 Å². The Morgan fingerprint density at radius 2 is 2.00 bits per heavy atom. The van der Waals surface area contributed by atoms with Gasteiger partial charge in [-0.05, 0) is 0 Å². The Bertz CT molecular complexity index is 382. The molecule has 0 saturated heterocycles. The van der Waals surface area contributed by atoms with Crippen molar-refractivity contribution in [2.45, 2.75) is 13.5 Å². The molecule has 0 unspecified atom stereocenters. The molecule has 0 fully saturated rings. The predicted molar refractivity (Wildman–Crippen MR) is 60.8 cm³/mol. The van der Waals surface area contributed by atoms with E-state index in [0.717, 1.165) is 12.3 Å². The number of pyridine rings is 1. The second kappa shape index (κ2) is 6.81. The molecule has 1 heterocycles. The molecule has 6 heteroatoms. The number of thiol groups is 1. The summed E-state index contributed by atoms with van der Waals surface area (Å²) in [5, 5.41) is 0. The molecule has 0 saturated carbocycles.